The van der Waals surface area contributed by atoms with Gasteiger partial charge in [-0.2, -0.15) is 0 Å². The van der Waals surface area contributed by atoms with Gasteiger partial charge in [-0.1, -0.05) is 33.6 Å². The summed E-state index contributed by atoms with van der Waals surface area (Å²) in [6, 6.07) is 0.432. The zero-order chi connectivity index (χ0) is 12.7. The Labute approximate surface area is 105 Å². The van der Waals surface area contributed by atoms with Crippen LogP contribution in [-0.4, -0.2) is 24.7 Å². The maximum Gasteiger partial charge on any atom is 0.307 e. The van der Waals surface area contributed by atoms with E-state index in [1.807, 2.05) is 0 Å². The third kappa shape index (κ3) is 6.06. The molecule has 0 radical (unpaired) electrons. The van der Waals surface area contributed by atoms with Crippen molar-refractivity contribution in [2.45, 2.75) is 71.4 Å². The van der Waals surface area contributed by atoms with Crippen molar-refractivity contribution in [1.82, 2.24) is 5.32 Å². The highest BCUT2D eigenvalue weighted by atomic mass is 16.5. The zero-order valence-electron chi connectivity index (χ0n) is 11.5. The van der Waals surface area contributed by atoms with Gasteiger partial charge in [-0.3, -0.25) is 4.79 Å². The minimum absolute atomic E-state index is 0.0418. The van der Waals surface area contributed by atoms with Gasteiger partial charge in [0, 0.05) is 12.6 Å². The molecule has 17 heavy (non-hydrogen) atoms. The molecule has 0 saturated heterocycles. The predicted molar refractivity (Wildman–Crippen MR) is 69.9 cm³/mol. The smallest absolute Gasteiger partial charge is 0.307 e. The summed E-state index contributed by atoms with van der Waals surface area (Å²) in [5.41, 5.74) is 0. The van der Waals surface area contributed by atoms with Gasteiger partial charge in [0.2, 0.25) is 0 Å². The van der Waals surface area contributed by atoms with E-state index in [1.165, 1.54) is 19.3 Å². The molecule has 0 aromatic carbocycles. The van der Waals surface area contributed by atoms with Gasteiger partial charge in [-0.25, -0.2) is 0 Å². The third-order valence-electron chi connectivity index (χ3n) is 3.49. The average molecular weight is 241 g/mol. The summed E-state index contributed by atoms with van der Waals surface area (Å²) in [5, 5.41) is 3.23. The number of carbonyl (C=O) groups excluding carboxylic acids is 1. The summed E-state index contributed by atoms with van der Waals surface area (Å²) in [7, 11) is 0. The molecule has 0 amide bonds. The van der Waals surface area contributed by atoms with Gasteiger partial charge in [-0.05, 0) is 25.2 Å². The number of nitrogens with one attached hydrogen (secondary N) is 1. The highest BCUT2D eigenvalue weighted by Gasteiger charge is 2.23. The predicted octanol–water partition coefficient (Wildman–Crippen LogP) is 2.89. The normalized spacial score (nSPS) is 24.9. The van der Waals surface area contributed by atoms with E-state index in [4.69, 9.17) is 4.74 Å². The number of carbonyl (C=O) groups is 1. The van der Waals surface area contributed by atoms with Crippen LogP contribution in [0.2, 0.25) is 0 Å². The van der Waals surface area contributed by atoms with Crippen LogP contribution < -0.4 is 5.32 Å². The van der Waals surface area contributed by atoms with Crippen LogP contribution in [0.4, 0.5) is 0 Å². The molecule has 0 spiro atoms. The van der Waals surface area contributed by atoms with Crippen LogP contribution >= 0.6 is 0 Å². The Hall–Kier alpha value is -0.570. The SMILES string of the molecule is CCC1CCCC(OC(=O)CCNC(C)C)C1. The Kier molecular flexibility index (Phi) is 6.56. The topological polar surface area (TPSA) is 38.3 Å². The Balaban J connectivity index is 2.17. The minimum atomic E-state index is -0.0418. The Morgan fingerprint density at radius 1 is 1.41 bits per heavy atom. The molecule has 1 aliphatic rings. The Bertz CT molecular complexity index is 228. The molecule has 1 rings (SSSR count). The molecule has 1 N–H and O–H groups in total. The van der Waals surface area contributed by atoms with Crippen LogP contribution in [0.3, 0.4) is 0 Å². The molecule has 0 bridgehead atoms. The first-order chi connectivity index (χ1) is 8.11. The molecule has 2 unspecified atom stereocenters. The van der Waals surface area contributed by atoms with Gasteiger partial charge in [-0.15, -0.1) is 0 Å². The number of ether oxygens (including phenoxy) is 1. The number of hydrogen-bond donors (Lipinski definition) is 1. The van der Waals surface area contributed by atoms with Gasteiger partial charge in [0.1, 0.15) is 6.10 Å². The van der Waals surface area contributed by atoms with E-state index >= 15 is 0 Å². The lowest BCUT2D eigenvalue weighted by molar-refractivity contribution is -0.151. The second-order valence-corrected chi connectivity index (χ2v) is 5.41. The second kappa shape index (κ2) is 7.70. The lowest BCUT2D eigenvalue weighted by Crippen LogP contribution is -2.29. The highest BCUT2D eigenvalue weighted by Crippen LogP contribution is 2.28. The Morgan fingerprint density at radius 3 is 2.82 bits per heavy atom. The fraction of sp³-hybridized carbons (Fsp3) is 0.929. The molecule has 0 aliphatic heterocycles. The Morgan fingerprint density at radius 2 is 2.18 bits per heavy atom. The number of esters is 1. The van der Waals surface area contributed by atoms with Gasteiger partial charge >= 0.3 is 5.97 Å². The highest BCUT2D eigenvalue weighted by molar-refractivity contribution is 5.69. The maximum absolute atomic E-state index is 11.6. The van der Waals surface area contributed by atoms with Crippen molar-refractivity contribution in [3.8, 4) is 0 Å². The van der Waals surface area contributed by atoms with E-state index in [1.54, 1.807) is 0 Å². The van der Waals surface area contributed by atoms with Crippen LogP contribution in [-0.2, 0) is 9.53 Å². The van der Waals surface area contributed by atoms with Crippen molar-refractivity contribution in [2.24, 2.45) is 5.92 Å². The fourth-order valence-electron chi connectivity index (χ4n) is 2.43. The van der Waals surface area contributed by atoms with Crippen molar-refractivity contribution < 1.29 is 9.53 Å². The van der Waals surface area contributed by atoms with E-state index in [0.29, 0.717) is 12.5 Å². The third-order valence-corrected chi connectivity index (χ3v) is 3.49. The monoisotopic (exact) mass is 241 g/mol. The molecular formula is C14H27NO2. The first kappa shape index (κ1) is 14.5. The van der Waals surface area contributed by atoms with Gasteiger partial charge in [0.15, 0.2) is 0 Å². The first-order valence-corrected chi connectivity index (χ1v) is 7.04. The van der Waals surface area contributed by atoms with Crippen molar-refractivity contribution in [1.29, 1.82) is 0 Å². The van der Waals surface area contributed by atoms with E-state index in [-0.39, 0.29) is 12.1 Å². The molecule has 2 atom stereocenters. The summed E-state index contributed by atoms with van der Waals surface area (Å²) in [5.74, 6) is 0.718. The fourth-order valence-corrected chi connectivity index (χ4v) is 2.43. The van der Waals surface area contributed by atoms with Crippen LogP contribution in [0.5, 0.6) is 0 Å². The van der Waals surface area contributed by atoms with Gasteiger partial charge in [0.05, 0.1) is 6.42 Å². The van der Waals surface area contributed by atoms with Crippen molar-refractivity contribution in [2.75, 3.05) is 6.54 Å². The van der Waals surface area contributed by atoms with Crippen molar-refractivity contribution in [3.05, 3.63) is 0 Å². The van der Waals surface area contributed by atoms with E-state index < -0.39 is 0 Å². The molecule has 3 heteroatoms. The molecule has 3 nitrogen and oxygen atoms in total. The van der Waals surface area contributed by atoms with Gasteiger partial charge < -0.3 is 10.1 Å². The van der Waals surface area contributed by atoms with E-state index in [2.05, 4.69) is 26.1 Å². The molecule has 0 heterocycles. The molecule has 1 saturated carbocycles. The van der Waals surface area contributed by atoms with Crippen molar-refractivity contribution in [3.63, 3.8) is 0 Å². The second-order valence-electron chi connectivity index (χ2n) is 5.41. The number of hydrogen-bond acceptors (Lipinski definition) is 3. The lowest BCUT2D eigenvalue weighted by Gasteiger charge is -2.28. The molecule has 1 fully saturated rings. The molecule has 0 aromatic heterocycles. The molecule has 0 aromatic rings. The number of rotatable bonds is 6. The largest absolute Gasteiger partial charge is 0.462 e. The standard InChI is InChI=1S/C14H27NO2/c1-4-12-6-5-7-13(10-12)17-14(16)8-9-15-11(2)3/h11-13,15H,4-10H2,1-3H3. The molecule has 1 aliphatic carbocycles. The maximum atomic E-state index is 11.6. The van der Waals surface area contributed by atoms with E-state index in [0.717, 1.165) is 25.3 Å². The van der Waals surface area contributed by atoms with Crippen LogP contribution in [0.1, 0.15) is 59.3 Å². The zero-order valence-corrected chi connectivity index (χ0v) is 11.5. The van der Waals surface area contributed by atoms with E-state index in [9.17, 15) is 4.79 Å². The quantitative estimate of drug-likeness (QED) is 0.727. The summed E-state index contributed by atoms with van der Waals surface area (Å²) < 4.78 is 5.53. The lowest BCUT2D eigenvalue weighted by atomic mass is 9.85. The van der Waals surface area contributed by atoms with Crippen LogP contribution in [0.25, 0.3) is 0 Å². The first-order valence-electron chi connectivity index (χ1n) is 7.04. The van der Waals surface area contributed by atoms with Crippen molar-refractivity contribution >= 4 is 5.97 Å². The average Bonchev–Trinajstić information content (AvgIpc) is 2.28. The summed E-state index contributed by atoms with van der Waals surface area (Å²) >= 11 is 0. The van der Waals surface area contributed by atoms with Crippen LogP contribution in [0, 0.1) is 5.92 Å². The molecular weight excluding hydrogens is 214 g/mol. The minimum Gasteiger partial charge on any atom is -0.462 e. The summed E-state index contributed by atoms with van der Waals surface area (Å²) in [6.45, 7) is 7.11. The van der Waals surface area contributed by atoms with Crippen LogP contribution in [0.15, 0.2) is 0 Å². The van der Waals surface area contributed by atoms with Gasteiger partial charge in [0.25, 0.3) is 0 Å². The summed E-state index contributed by atoms with van der Waals surface area (Å²) in [4.78, 5) is 11.6. The molecule has 100 valence electrons. The summed E-state index contributed by atoms with van der Waals surface area (Å²) in [6.07, 6.45) is 6.52.